The Morgan fingerprint density at radius 2 is 2.19 bits per heavy atom. The van der Waals surface area contributed by atoms with Crippen LogP contribution in [0.2, 0.25) is 0 Å². The van der Waals surface area contributed by atoms with Gasteiger partial charge >= 0.3 is 5.97 Å². The van der Waals surface area contributed by atoms with Gasteiger partial charge in [-0.2, -0.15) is 0 Å². The molecule has 0 amide bonds. The molecule has 112 valence electrons. The predicted molar refractivity (Wildman–Crippen MR) is 77.0 cm³/mol. The highest BCUT2D eigenvalue weighted by Crippen LogP contribution is 2.52. The van der Waals surface area contributed by atoms with E-state index in [0.29, 0.717) is 18.2 Å². The Morgan fingerprint density at radius 1 is 1.29 bits per heavy atom. The van der Waals surface area contributed by atoms with Gasteiger partial charge in [-0.05, 0) is 31.1 Å². The van der Waals surface area contributed by atoms with Crippen LogP contribution >= 0.6 is 0 Å². The van der Waals surface area contributed by atoms with Crippen LogP contribution in [0.25, 0.3) is 0 Å². The molecule has 2 bridgehead atoms. The highest BCUT2D eigenvalue weighted by Gasteiger charge is 2.42. The second-order valence-electron chi connectivity index (χ2n) is 6.56. The van der Waals surface area contributed by atoms with E-state index < -0.39 is 0 Å². The van der Waals surface area contributed by atoms with Crippen molar-refractivity contribution in [1.29, 1.82) is 0 Å². The van der Waals surface area contributed by atoms with Crippen molar-refractivity contribution in [2.45, 2.75) is 44.6 Å². The summed E-state index contributed by atoms with van der Waals surface area (Å²) in [6, 6.07) is 0. The van der Waals surface area contributed by atoms with Crippen LogP contribution in [0.15, 0.2) is 0 Å². The van der Waals surface area contributed by atoms with Crippen molar-refractivity contribution in [2.75, 3.05) is 13.7 Å². The third kappa shape index (κ3) is 2.14. The smallest absolute Gasteiger partial charge is 0.357 e. The Hall–Kier alpha value is -1.49. The summed E-state index contributed by atoms with van der Waals surface area (Å²) in [6.07, 6.45) is 6.04. The van der Waals surface area contributed by atoms with Crippen LogP contribution < -0.4 is 5.32 Å². The molecule has 3 aliphatic rings. The number of nitrogens with zero attached hydrogens (tertiary/aromatic N) is 2. The summed E-state index contributed by atoms with van der Waals surface area (Å²) in [5.74, 6) is 2.58. The van der Waals surface area contributed by atoms with Gasteiger partial charge in [0.05, 0.1) is 12.8 Å². The minimum Gasteiger partial charge on any atom is -0.464 e. The molecule has 0 saturated heterocycles. The third-order valence-corrected chi connectivity index (χ3v) is 5.40. The van der Waals surface area contributed by atoms with Gasteiger partial charge in [0.2, 0.25) is 0 Å². The van der Waals surface area contributed by atoms with E-state index in [4.69, 9.17) is 9.72 Å². The number of carbonyl (C=O) groups is 1. The lowest BCUT2D eigenvalue weighted by Gasteiger charge is -2.24. The van der Waals surface area contributed by atoms with Crippen molar-refractivity contribution < 1.29 is 9.53 Å². The van der Waals surface area contributed by atoms with E-state index in [0.717, 1.165) is 41.9 Å². The Balaban J connectivity index is 1.76. The maximum Gasteiger partial charge on any atom is 0.357 e. The first-order valence-electron chi connectivity index (χ1n) is 7.95. The third-order valence-electron chi connectivity index (χ3n) is 5.40. The summed E-state index contributed by atoms with van der Waals surface area (Å²) in [7, 11) is 1.42. The zero-order chi connectivity index (χ0) is 14.4. The average Bonchev–Trinajstić information content (AvgIpc) is 3.16. The van der Waals surface area contributed by atoms with Crippen LogP contribution in [0, 0.1) is 11.8 Å². The van der Waals surface area contributed by atoms with Gasteiger partial charge in [0, 0.05) is 31.0 Å². The van der Waals surface area contributed by atoms with Gasteiger partial charge in [-0.3, -0.25) is 0 Å². The van der Waals surface area contributed by atoms with E-state index >= 15 is 0 Å². The van der Waals surface area contributed by atoms with E-state index in [2.05, 4.69) is 10.3 Å². The summed E-state index contributed by atoms with van der Waals surface area (Å²) >= 11 is 0. The van der Waals surface area contributed by atoms with Gasteiger partial charge in [-0.15, -0.1) is 0 Å². The van der Waals surface area contributed by atoms with Gasteiger partial charge in [-0.25, -0.2) is 14.8 Å². The molecule has 3 unspecified atom stereocenters. The standard InChI is InChI=1S/C16H21N3O2/c1-21-16(20)14-12-8-17-5-4-13(12)18-15(19-14)11-7-9-2-3-10(11)6-9/h9-11,17H,2-8H2,1H3. The van der Waals surface area contributed by atoms with Gasteiger partial charge in [0.15, 0.2) is 5.69 Å². The number of esters is 1. The van der Waals surface area contributed by atoms with Crippen LogP contribution in [-0.4, -0.2) is 29.6 Å². The van der Waals surface area contributed by atoms with Gasteiger partial charge in [0.25, 0.3) is 0 Å². The number of aromatic nitrogens is 2. The molecular weight excluding hydrogens is 266 g/mol. The molecule has 2 heterocycles. The molecule has 5 nitrogen and oxygen atoms in total. The molecule has 21 heavy (non-hydrogen) atoms. The molecule has 0 aromatic carbocycles. The fourth-order valence-corrected chi connectivity index (χ4v) is 4.35. The fourth-order valence-electron chi connectivity index (χ4n) is 4.35. The van der Waals surface area contributed by atoms with Crippen molar-refractivity contribution in [3.05, 3.63) is 22.8 Å². The van der Waals surface area contributed by atoms with Crippen molar-refractivity contribution in [3.8, 4) is 0 Å². The van der Waals surface area contributed by atoms with Crippen LogP contribution in [0.5, 0.6) is 0 Å². The maximum absolute atomic E-state index is 12.1. The second kappa shape index (κ2) is 5.05. The fraction of sp³-hybridized carbons (Fsp3) is 0.688. The molecule has 3 atom stereocenters. The van der Waals surface area contributed by atoms with E-state index in [1.165, 1.54) is 32.8 Å². The largest absolute Gasteiger partial charge is 0.464 e. The number of fused-ring (bicyclic) bond motifs is 3. The minimum atomic E-state index is -0.332. The molecule has 2 saturated carbocycles. The zero-order valence-electron chi connectivity index (χ0n) is 12.4. The number of ether oxygens (including phenoxy) is 1. The van der Waals surface area contributed by atoms with Crippen molar-refractivity contribution in [1.82, 2.24) is 15.3 Å². The molecule has 1 aromatic rings. The lowest BCUT2D eigenvalue weighted by atomic mass is 9.88. The van der Waals surface area contributed by atoms with Gasteiger partial charge in [-0.1, -0.05) is 6.42 Å². The first-order valence-corrected chi connectivity index (χ1v) is 7.95. The first kappa shape index (κ1) is 13.2. The SMILES string of the molecule is COC(=O)c1nc(C2CC3CCC2C3)nc2c1CNCC2. The van der Waals surface area contributed by atoms with Crippen LogP contribution in [0.4, 0.5) is 0 Å². The highest BCUT2D eigenvalue weighted by atomic mass is 16.5. The Bertz CT molecular complexity index is 587. The zero-order valence-corrected chi connectivity index (χ0v) is 12.4. The Kier molecular flexibility index (Phi) is 3.17. The molecule has 4 rings (SSSR count). The molecular formula is C16H21N3O2. The maximum atomic E-state index is 12.1. The molecule has 2 fully saturated rings. The van der Waals surface area contributed by atoms with Crippen LogP contribution in [-0.2, 0) is 17.7 Å². The lowest BCUT2D eigenvalue weighted by Crippen LogP contribution is -2.29. The number of methoxy groups -OCH3 is 1. The number of carbonyl (C=O) groups excluding carboxylic acids is 1. The van der Waals surface area contributed by atoms with Crippen molar-refractivity contribution in [2.24, 2.45) is 11.8 Å². The van der Waals surface area contributed by atoms with Crippen LogP contribution in [0.1, 0.15) is 59.2 Å². The quantitative estimate of drug-likeness (QED) is 0.841. The van der Waals surface area contributed by atoms with Crippen LogP contribution in [0.3, 0.4) is 0 Å². The molecule has 5 heteroatoms. The van der Waals surface area contributed by atoms with Gasteiger partial charge in [0.1, 0.15) is 5.82 Å². The summed E-state index contributed by atoms with van der Waals surface area (Å²) < 4.78 is 4.92. The number of nitrogens with one attached hydrogen (secondary N) is 1. The number of hydrogen-bond donors (Lipinski definition) is 1. The predicted octanol–water partition coefficient (Wildman–Crippen LogP) is 1.81. The van der Waals surface area contributed by atoms with Crippen molar-refractivity contribution in [3.63, 3.8) is 0 Å². The molecule has 1 aliphatic heterocycles. The Morgan fingerprint density at radius 3 is 2.90 bits per heavy atom. The van der Waals surface area contributed by atoms with Gasteiger partial charge < -0.3 is 10.1 Å². The number of rotatable bonds is 2. The lowest BCUT2D eigenvalue weighted by molar-refractivity contribution is 0.0591. The average molecular weight is 287 g/mol. The van der Waals surface area contributed by atoms with E-state index in [9.17, 15) is 4.79 Å². The van der Waals surface area contributed by atoms with E-state index in [1.54, 1.807) is 0 Å². The molecule has 0 radical (unpaired) electrons. The monoisotopic (exact) mass is 287 g/mol. The molecule has 0 spiro atoms. The first-order chi connectivity index (χ1) is 10.3. The second-order valence-corrected chi connectivity index (χ2v) is 6.56. The summed E-state index contributed by atoms with van der Waals surface area (Å²) in [5.41, 5.74) is 2.45. The van der Waals surface area contributed by atoms with Crippen molar-refractivity contribution >= 4 is 5.97 Å². The van der Waals surface area contributed by atoms with E-state index in [-0.39, 0.29) is 5.97 Å². The minimum absolute atomic E-state index is 0.332. The molecule has 1 N–H and O–H groups in total. The molecule has 2 aliphatic carbocycles. The number of hydrogen-bond acceptors (Lipinski definition) is 5. The normalized spacial score (nSPS) is 30.2. The highest BCUT2D eigenvalue weighted by molar-refractivity contribution is 5.89. The Labute approximate surface area is 124 Å². The summed E-state index contributed by atoms with van der Waals surface area (Å²) in [6.45, 7) is 1.58. The van der Waals surface area contributed by atoms with E-state index in [1.807, 2.05) is 0 Å². The topological polar surface area (TPSA) is 64.1 Å². The summed E-state index contributed by atoms with van der Waals surface area (Å²) in [4.78, 5) is 21.5. The summed E-state index contributed by atoms with van der Waals surface area (Å²) in [5, 5.41) is 3.29. The molecule has 1 aromatic heterocycles.